The normalized spacial score (nSPS) is 11.5. The standard InChI is InChI=1S/C12H20N2O/c1-4-14(12(2,3)9-13)10-6-5-7-11(15)8-10/h5-8,15H,4,9,13H2,1-3H3. The number of rotatable bonds is 4. The third kappa shape index (κ3) is 2.63. The van der Waals surface area contributed by atoms with Gasteiger partial charge >= 0.3 is 0 Å². The number of hydrogen-bond acceptors (Lipinski definition) is 3. The van der Waals surface area contributed by atoms with Crippen molar-refractivity contribution in [2.45, 2.75) is 26.3 Å². The lowest BCUT2D eigenvalue weighted by atomic mass is 10.0. The highest BCUT2D eigenvalue weighted by Gasteiger charge is 2.24. The number of aromatic hydroxyl groups is 1. The van der Waals surface area contributed by atoms with Crippen LogP contribution in [-0.4, -0.2) is 23.7 Å². The maximum Gasteiger partial charge on any atom is 0.117 e. The number of likely N-dealkylation sites (N-methyl/N-ethyl adjacent to an activating group) is 1. The third-order valence-corrected chi connectivity index (χ3v) is 2.69. The van der Waals surface area contributed by atoms with E-state index in [9.17, 15) is 5.11 Å². The molecule has 1 aromatic rings. The molecule has 0 radical (unpaired) electrons. The summed E-state index contributed by atoms with van der Waals surface area (Å²) in [7, 11) is 0. The van der Waals surface area contributed by atoms with Crippen molar-refractivity contribution >= 4 is 5.69 Å². The van der Waals surface area contributed by atoms with Crippen LogP contribution in [0, 0.1) is 0 Å². The molecule has 0 unspecified atom stereocenters. The SMILES string of the molecule is CCN(c1cccc(O)c1)C(C)(C)CN. The summed E-state index contributed by atoms with van der Waals surface area (Å²) in [6.45, 7) is 7.73. The Morgan fingerprint density at radius 3 is 2.53 bits per heavy atom. The number of anilines is 1. The summed E-state index contributed by atoms with van der Waals surface area (Å²) < 4.78 is 0. The number of hydrogen-bond donors (Lipinski definition) is 2. The molecule has 15 heavy (non-hydrogen) atoms. The highest BCUT2D eigenvalue weighted by molar-refractivity contribution is 5.52. The molecule has 3 N–H and O–H groups in total. The topological polar surface area (TPSA) is 49.5 Å². The van der Waals surface area contributed by atoms with Crippen LogP contribution >= 0.6 is 0 Å². The van der Waals surface area contributed by atoms with Gasteiger partial charge < -0.3 is 15.7 Å². The zero-order valence-corrected chi connectivity index (χ0v) is 9.70. The van der Waals surface area contributed by atoms with Crippen molar-refractivity contribution in [1.29, 1.82) is 0 Å². The minimum atomic E-state index is -0.0947. The molecule has 0 bridgehead atoms. The van der Waals surface area contributed by atoms with Gasteiger partial charge in [0.05, 0.1) is 0 Å². The second-order valence-corrected chi connectivity index (χ2v) is 4.28. The Morgan fingerprint density at radius 2 is 2.07 bits per heavy atom. The van der Waals surface area contributed by atoms with E-state index in [2.05, 4.69) is 25.7 Å². The van der Waals surface area contributed by atoms with Crippen molar-refractivity contribution in [3.05, 3.63) is 24.3 Å². The molecule has 0 atom stereocenters. The van der Waals surface area contributed by atoms with Crippen LogP contribution in [0.4, 0.5) is 5.69 Å². The van der Waals surface area contributed by atoms with E-state index in [-0.39, 0.29) is 5.54 Å². The van der Waals surface area contributed by atoms with E-state index in [0.717, 1.165) is 12.2 Å². The average molecular weight is 208 g/mol. The zero-order valence-electron chi connectivity index (χ0n) is 9.70. The van der Waals surface area contributed by atoms with Gasteiger partial charge in [0, 0.05) is 30.4 Å². The fourth-order valence-electron chi connectivity index (χ4n) is 1.73. The summed E-state index contributed by atoms with van der Waals surface area (Å²) in [4.78, 5) is 2.19. The van der Waals surface area contributed by atoms with Gasteiger partial charge in [-0.05, 0) is 32.9 Å². The second kappa shape index (κ2) is 4.53. The van der Waals surface area contributed by atoms with Gasteiger partial charge in [-0.3, -0.25) is 0 Å². The van der Waals surface area contributed by atoms with E-state index in [4.69, 9.17) is 5.73 Å². The van der Waals surface area contributed by atoms with E-state index in [1.165, 1.54) is 0 Å². The van der Waals surface area contributed by atoms with Gasteiger partial charge in [-0.2, -0.15) is 0 Å². The first-order valence-corrected chi connectivity index (χ1v) is 5.28. The number of phenols is 1. The maximum atomic E-state index is 9.44. The lowest BCUT2D eigenvalue weighted by molar-refractivity contribution is 0.466. The Labute approximate surface area is 91.5 Å². The van der Waals surface area contributed by atoms with Crippen molar-refractivity contribution in [1.82, 2.24) is 0 Å². The number of nitrogens with two attached hydrogens (primary N) is 1. The molecule has 0 amide bonds. The highest BCUT2D eigenvalue weighted by atomic mass is 16.3. The van der Waals surface area contributed by atoms with Crippen LogP contribution in [-0.2, 0) is 0 Å². The molecule has 1 rings (SSSR count). The number of benzene rings is 1. The molecule has 3 heteroatoms. The molecular formula is C12H20N2O. The van der Waals surface area contributed by atoms with Gasteiger partial charge in [0.15, 0.2) is 0 Å². The molecule has 84 valence electrons. The Kier molecular flexibility index (Phi) is 3.58. The smallest absolute Gasteiger partial charge is 0.117 e. The lowest BCUT2D eigenvalue weighted by Crippen LogP contribution is -2.49. The number of nitrogens with zero attached hydrogens (tertiary/aromatic N) is 1. The molecule has 0 spiro atoms. The summed E-state index contributed by atoms with van der Waals surface area (Å²) in [5, 5.41) is 9.44. The molecule has 0 aliphatic rings. The summed E-state index contributed by atoms with van der Waals surface area (Å²) in [6, 6.07) is 7.27. The van der Waals surface area contributed by atoms with E-state index < -0.39 is 0 Å². The molecule has 0 saturated carbocycles. The van der Waals surface area contributed by atoms with Crippen molar-refractivity contribution in [3.63, 3.8) is 0 Å². The van der Waals surface area contributed by atoms with Crippen LogP contribution in [0.2, 0.25) is 0 Å². The summed E-state index contributed by atoms with van der Waals surface area (Å²) in [5.74, 6) is 0.291. The summed E-state index contributed by atoms with van der Waals surface area (Å²) in [5.41, 5.74) is 6.67. The predicted octanol–water partition coefficient (Wildman–Crippen LogP) is 1.96. The van der Waals surface area contributed by atoms with Gasteiger partial charge in [-0.1, -0.05) is 6.07 Å². The van der Waals surface area contributed by atoms with Gasteiger partial charge in [-0.25, -0.2) is 0 Å². The fraction of sp³-hybridized carbons (Fsp3) is 0.500. The lowest BCUT2D eigenvalue weighted by Gasteiger charge is -2.39. The zero-order chi connectivity index (χ0) is 11.5. The van der Waals surface area contributed by atoms with E-state index in [1.54, 1.807) is 12.1 Å². The molecule has 1 aromatic carbocycles. The van der Waals surface area contributed by atoms with Gasteiger partial charge in [-0.15, -0.1) is 0 Å². The number of phenolic OH excluding ortho intramolecular Hbond substituents is 1. The summed E-state index contributed by atoms with van der Waals surface area (Å²) in [6.07, 6.45) is 0. The molecule has 0 aliphatic heterocycles. The van der Waals surface area contributed by atoms with Crippen molar-refractivity contribution in [2.75, 3.05) is 18.0 Å². The van der Waals surface area contributed by atoms with Crippen LogP contribution in [0.5, 0.6) is 5.75 Å². The maximum absolute atomic E-state index is 9.44. The minimum Gasteiger partial charge on any atom is -0.508 e. The largest absolute Gasteiger partial charge is 0.508 e. The molecule has 0 aliphatic carbocycles. The predicted molar refractivity (Wildman–Crippen MR) is 64.3 cm³/mol. The monoisotopic (exact) mass is 208 g/mol. The first-order chi connectivity index (χ1) is 7.01. The Morgan fingerprint density at radius 1 is 1.40 bits per heavy atom. The van der Waals surface area contributed by atoms with Gasteiger partial charge in [0.25, 0.3) is 0 Å². The molecule has 3 nitrogen and oxygen atoms in total. The third-order valence-electron chi connectivity index (χ3n) is 2.69. The molecule has 0 saturated heterocycles. The molecular weight excluding hydrogens is 188 g/mol. The quantitative estimate of drug-likeness (QED) is 0.795. The minimum absolute atomic E-state index is 0.0947. The van der Waals surface area contributed by atoms with Crippen LogP contribution in [0.1, 0.15) is 20.8 Å². The van der Waals surface area contributed by atoms with E-state index >= 15 is 0 Å². The van der Waals surface area contributed by atoms with Crippen molar-refractivity contribution < 1.29 is 5.11 Å². The van der Waals surface area contributed by atoms with Gasteiger partial charge in [0.2, 0.25) is 0 Å². The van der Waals surface area contributed by atoms with E-state index in [0.29, 0.717) is 12.3 Å². The van der Waals surface area contributed by atoms with Crippen molar-refractivity contribution in [3.8, 4) is 5.75 Å². The van der Waals surface area contributed by atoms with Crippen LogP contribution in [0.25, 0.3) is 0 Å². The first-order valence-electron chi connectivity index (χ1n) is 5.28. The van der Waals surface area contributed by atoms with Crippen LogP contribution < -0.4 is 10.6 Å². The Balaban J connectivity index is 3.02. The second-order valence-electron chi connectivity index (χ2n) is 4.28. The fourth-order valence-corrected chi connectivity index (χ4v) is 1.73. The molecule has 0 aromatic heterocycles. The Hall–Kier alpha value is -1.22. The summed E-state index contributed by atoms with van der Waals surface area (Å²) >= 11 is 0. The van der Waals surface area contributed by atoms with Gasteiger partial charge in [0.1, 0.15) is 5.75 Å². The van der Waals surface area contributed by atoms with Crippen LogP contribution in [0.15, 0.2) is 24.3 Å². The Bertz CT molecular complexity index is 323. The highest BCUT2D eigenvalue weighted by Crippen LogP contribution is 2.25. The average Bonchev–Trinajstić information content (AvgIpc) is 2.18. The van der Waals surface area contributed by atoms with Crippen molar-refractivity contribution in [2.24, 2.45) is 5.73 Å². The van der Waals surface area contributed by atoms with E-state index in [1.807, 2.05) is 12.1 Å². The van der Waals surface area contributed by atoms with Crippen LogP contribution in [0.3, 0.4) is 0 Å². The molecule has 0 heterocycles. The molecule has 0 fully saturated rings. The first kappa shape index (κ1) is 11.9.